The van der Waals surface area contributed by atoms with Crippen molar-refractivity contribution in [2.75, 3.05) is 17.2 Å². The van der Waals surface area contributed by atoms with Crippen LogP contribution in [-0.2, 0) is 9.59 Å². The number of benzene rings is 3. The van der Waals surface area contributed by atoms with Crippen molar-refractivity contribution in [3.05, 3.63) is 91.6 Å². The number of anilines is 2. The van der Waals surface area contributed by atoms with Crippen molar-refractivity contribution in [3.63, 3.8) is 0 Å². The number of carbonyl (C=O) groups excluding carboxylic acids is 2. The van der Waals surface area contributed by atoms with Crippen molar-refractivity contribution >= 4 is 61.1 Å². The summed E-state index contributed by atoms with van der Waals surface area (Å²) in [6.45, 7) is 3.53. The fraction of sp³-hybridized carbons (Fsp3) is 0.115. The van der Waals surface area contributed by atoms with Gasteiger partial charge in [-0.05, 0) is 89.4 Å². The van der Waals surface area contributed by atoms with Crippen LogP contribution >= 0.6 is 31.9 Å². The van der Waals surface area contributed by atoms with Gasteiger partial charge in [0.15, 0.2) is 6.61 Å². The third-order valence-electron chi connectivity index (χ3n) is 4.82. The van der Waals surface area contributed by atoms with Crippen molar-refractivity contribution < 1.29 is 18.7 Å². The Kier molecular flexibility index (Phi) is 8.79. The van der Waals surface area contributed by atoms with Crippen molar-refractivity contribution in [1.82, 2.24) is 0 Å². The number of halogens is 3. The van der Waals surface area contributed by atoms with Gasteiger partial charge in [-0.2, -0.15) is 5.26 Å². The minimum atomic E-state index is -0.672. The standard InChI is InChI=1S/C26H20Br2FN3O3/c1-15-3-4-16(2)23(9-15)32-24(33)14-35-25-17(11-19(27)12-22(25)28)10-18(13-30)26(34)31-21-7-5-20(29)6-8-21/h3-12H,14H2,1-2H3,(H,31,34)(H,32,33)/b18-10+. The molecule has 2 amide bonds. The fourth-order valence-corrected chi connectivity index (χ4v) is 4.44. The molecular formula is C26H20Br2FN3O3. The second kappa shape index (κ2) is 11.8. The topological polar surface area (TPSA) is 91.2 Å². The Bertz CT molecular complexity index is 1350. The van der Waals surface area contributed by atoms with Gasteiger partial charge < -0.3 is 15.4 Å². The molecule has 2 N–H and O–H groups in total. The molecule has 178 valence electrons. The highest BCUT2D eigenvalue weighted by molar-refractivity contribution is 9.11. The van der Waals surface area contributed by atoms with E-state index < -0.39 is 11.7 Å². The van der Waals surface area contributed by atoms with Gasteiger partial charge in [0.2, 0.25) is 0 Å². The second-order valence-corrected chi connectivity index (χ2v) is 9.36. The molecule has 0 aliphatic heterocycles. The molecule has 0 aromatic heterocycles. The molecule has 3 aromatic rings. The predicted octanol–water partition coefficient (Wildman–Crippen LogP) is 6.53. The predicted molar refractivity (Wildman–Crippen MR) is 141 cm³/mol. The molecule has 0 aliphatic rings. The van der Waals surface area contributed by atoms with Crippen LogP contribution in [-0.4, -0.2) is 18.4 Å². The zero-order valence-electron chi connectivity index (χ0n) is 18.8. The first-order valence-electron chi connectivity index (χ1n) is 10.3. The number of hydrogen-bond donors (Lipinski definition) is 2. The fourth-order valence-electron chi connectivity index (χ4n) is 3.07. The Labute approximate surface area is 219 Å². The summed E-state index contributed by atoms with van der Waals surface area (Å²) in [4.78, 5) is 25.2. The number of rotatable bonds is 7. The van der Waals surface area contributed by atoms with E-state index in [-0.39, 0.29) is 23.8 Å². The van der Waals surface area contributed by atoms with E-state index in [1.165, 1.54) is 30.3 Å². The smallest absolute Gasteiger partial charge is 0.266 e. The second-order valence-electron chi connectivity index (χ2n) is 7.59. The highest BCUT2D eigenvalue weighted by atomic mass is 79.9. The lowest BCUT2D eigenvalue weighted by Gasteiger charge is -2.14. The van der Waals surface area contributed by atoms with E-state index in [1.54, 1.807) is 12.1 Å². The van der Waals surface area contributed by atoms with E-state index in [0.717, 1.165) is 11.1 Å². The first kappa shape index (κ1) is 26.1. The van der Waals surface area contributed by atoms with Crippen molar-refractivity contribution in [2.45, 2.75) is 13.8 Å². The lowest BCUT2D eigenvalue weighted by atomic mass is 10.1. The van der Waals surface area contributed by atoms with Crippen LogP contribution < -0.4 is 15.4 Å². The van der Waals surface area contributed by atoms with Gasteiger partial charge in [0.05, 0.1) is 4.47 Å². The lowest BCUT2D eigenvalue weighted by molar-refractivity contribution is -0.118. The summed E-state index contributed by atoms with van der Waals surface area (Å²) >= 11 is 6.79. The van der Waals surface area contributed by atoms with Crippen molar-refractivity contribution in [3.8, 4) is 11.8 Å². The van der Waals surface area contributed by atoms with Crippen LogP contribution in [0.4, 0.5) is 15.8 Å². The Morgan fingerprint density at radius 1 is 1.06 bits per heavy atom. The summed E-state index contributed by atoms with van der Waals surface area (Å²) in [5, 5.41) is 15.0. The zero-order valence-corrected chi connectivity index (χ0v) is 22.0. The normalized spacial score (nSPS) is 10.9. The quantitative estimate of drug-likeness (QED) is 0.238. The van der Waals surface area contributed by atoms with Crippen LogP contribution in [0, 0.1) is 31.0 Å². The first-order chi connectivity index (χ1) is 16.7. The highest BCUT2D eigenvalue weighted by Crippen LogP contribution is 2.34. The number of nitrogens with one attached hydrogen (secondary N) is 2. The molecule has 0 atom stereocenters. The zero-order chi connectivity index (χ0) is 25.5. The number of ether oxygens (including phenoxy) is 1. The van der Waals surface area contributed by atoms with Crippen LogP contribution in [0.3, 0.4) is 0 Å². The maximum absolute atomic E-state index is 13.1. The van der Waals surface area contributed by atoms with E-state index in [2.05, 4.69) is 42.5 Å². The number of hydrogen-bond acceptors (Lipinski definition) is 4. The van der Waals surface area contributed by atoms with Gasteiger partial charge in [-0.25, -0.2) is 4.39 Å². The van der Waals surface area contributed by atoms with Gasteiger partial charge in [0.1, 0.15) is 23.2 Å². The maximum atomic E-state index is 13.1. The maximum Gasteiger partial charge on any atom is 0.266 e. The molecule has 0 saturated heterocycles. The van der Waals surface area contributed by atoms with Gasteiger partial charge in [-0.1, -0.05) is 28.1 Å². The highest BCUT2D eigenvalue weighted by Gasteiger charge is 2.16. The summed E-state index contributed by atoms with van der Waals surface area (Å²) in [7, 11) is 0. The molecule has 0 aliphatic carbocycles. The Balaban J connectivity index is 1.81. The van der Waals surface area contributed by atoms with Gasteiger partial charge >= 0.3 is 0 Å². The van der Waals surface area contributed by atoms with E-state index in [1.807, 2.05) is 38.1 Å². The van der Waals surface area contributed by atoms with Gasteiger partial charge in [0, 0.05) is 21.4 Å². The molecule has 3 rings (SSSR count). The molecule has 0 spiro atoms. The third kappa shape index (κ3) is 7.25. The Morgan fingerprint density at radius 3 is 2.46 bits per heavy atom. The molecule has 9 heteroatoms. The first-order valence-corrected chi connectivity index (χ1v) is 11.9. The summed E-state index contributed by atoms with van der Waals surface area (Å²) in [5.41, 5.74) is 3.16. The van der Waals surface area contributed by atoms with Crippen LogP contribution in [0.1, 0.15) is 16.7 Å². The van der Waals surface area contributed by atoms with Gasteiger partial charge in [0.25, 0.3) is 11.8 Å². The number of amides is 2. The van der Waals surface area contributed by atoms with Crippen molar-refractivity contribution in [2.24, 2.45) is 0 Å². The molecule has 0 saturated carbocycles. The number of carbonyl (C=O) groups is 2. The van der Waals surface area contributed by atoms with Crippen molar-refractivity contribution in [1.29, 1.82) is 5.26 Å². The molecular weight excluding hydrogens is 581 g/mol. The minimum absolute atomic E-state index is 0.205. The Morgan fingerprint density at radius 2 is 1.77 bits per heavy atom. The summed E-state index contributed by atoms with van der Waals surface area (Å²) in [6.07, 6.45) is 1.35. The Hall–Kier alpha value is -3.48. The summed E-state index contributed by atoms with van der Waals surface area (Å²) in [5.74, 6) is -1.19. The number of nitriles is 1. The average Bonchev–Trinajstić information content (AvgIpc) is 2.80. The van der Waals surface area contributed by atoms with Crippen LogP contribution in [0.15, 0.2) is 69.1 Å². The number of aryl methyl sites for hydroxylation is 2. The monoisotopic (exact) mass is 599 g/mol. The van der Waals surface area contributed by atoms with E-state index in [0.29, 0.717) is 25.9 Å². The largest absolute Gasteiger partial charge is 0.482 e. The van der Waals surface area contributed by atoms with Crippen LogP contribution in [0.2, 0.25) is 0 Å². The molecule has 6 nitrogen and oxygen atoms in total. The lowest BCUT2D eigenvalue weighted by Crippen LogP contribution is -2.21. The van der Waals surface area contributed by atoms with E-state index in [9.17, 15) is 19.2 Å². The molecule has 0 heterocycles. The van der Waals surface area contributed by atoms with Crippen LogP contribution in [0.5, 0.6) is 5.75 Å². The van der Waals surface area contributed by atoms with Gasteiger partial charge in [-0.15, -0.1) is 0 Å². The molecule has 0 bridgehead atoms. The molecule has 3 aromatic carbocycles. The summed E-state index contributed by atoms with van der Waals surface area (Å²) in [6, 6.07) is 16.2. The SMILES string of the molecule is Cc1ccc(C)c(NC(=O)COc2c(Br)cc(Br)cc2/C=C(\C#N)C(=O)Nc2ccc(F)cc2)c1. The van der Waals surface area contributed by atoms with E-state index >= 15 is 0 Å². The molecule has 0 unspecified atom stereocenters. The molecule has 35 heavy (non-hydrogen) atoms. The summed E-state index contributed by atoms with van der Waals surface area (Å²) < 4.78 is 20.1. The van der Waals surface area contributed by atoms with E-state index in [4.69, 9.17) is 4.74 Å². The van der Waals surface area contributed by atoms with Crippen LogP contribution in [0.25, 0.3) is 6.08 Å². The molecule has 0 fully saturated rings. The van der Waals surface area contributed by atoms with Gasteiger partial charge in [-0.3, -0.25) is 9.59 Å². The third-order valence-corrected chi connectivity index (χ3v) is 5.87. The minimum Gasteiger partial charge on any atom is -0.482 e. The average molecular weight is 601 g/mol. The molecule has 0 radical (unpaired) electrons. The number of nitrogens with zero attached hydrogens (tertiary/aromatic N) is 1.